The average Bonchev–Trinajstić information content (AvgIpc) is 2.62. The Hall–Kier alpha value is -2.77. The van der Waals surface area contributed by atoms with Gasteiger partial charge >= 0.3 is 0 Å². The van der Waals surface area contributed by atoms with Crippen molar-refractivity contribution in [3.63, 3.8) is 0 Å². The van der Waals surface area contributed by atoms with Crippen LogP contribution in [-0.2, 0) is 0 Å². The summed E-state index contributed by atoms with van der Waals surface area (Å²) in [4.78, 5) is 33.3. The molecule has 2 aromatic heterocycles. The molecule has 0 spiro atoms. The molecule has 0 unspecified atom stereocenters. The average molecular weight is 327 g/mol. The predicted octanol–water partition coefficient (Wildman–Crippen LogP) is 0.969. The summed E-state index contributed by atoms with van der Waals surface area (Å²) < 4.78 is 0. The molecule has 1 aliphatic rings. The van der Waals surface area contributed by atoms with E-state index in [1.807, 2.05) is 19.9 Å². The zero-order valence-electron chi connectivity index (χ0n) is 13.9. The van der Waals surface area contributed by atoms with Crippen LogP contribution in [0.1, 0.15) is 23.1 Å². The first kappa shape index (κ1) is 16.1. The van der Waals surface area contributed by atoms with Gasteiger partial charge in [-0.15, -0.1) is 0 Å². The van der Waals surface area contributed by atoms with E-state index in [4.69, 9.17) is 0 Å². The Morgan fingerprint density at radius 1 is 1.21 bits per heavy atom. The maximum Gasteiger partial charge on any atom is 0.274 e. The van der Waals surface area contributed by atoms with Crippen LogP contribution in [0.4, 0.5) is 11.8 Å². The zero-order chi connectivity index (χ0) is 16.9. The third kappa shape index (κ3) is 3.58. The summed E-state index contributed by atoms with van der Waals surface area (Å²) in [7, 11) is 0. The number of aryl methyl sites for hydroxylation is 1. The number of aromatic nitrogens is 4. The Morgan fingerprint density at radius 3 is 2.67 bits per heavy atom. The van der Waals surface area contributed by atoms with Crippen molar-refractivity contribution >= 4 is 17.7 Å². The third-order valence-electron chi connectivity index (χ3n) is 3.85. The van der Waals surface area contributed by atoms with Gasteiger partial charge in [0.05, 0.1) is 6.20 Å². The van der Waals surface area contributed by atoms with Crippen molar-refractivity contribution in [1.29, 1.82) is 0 Å². The zero-order valence-corrected chi connectivity index (χ0v) is 13.9. The summed E-state index contributed by atoms with van der Waals surface area (Å²) in [6.45, 7) is 7.48. The lowest BCUT2D eigenvalue weighted by Crippen LogP contribution is -2.49. The molecule has 8 nitrogen and oxygen atoms in total. The first-order valence-electron chi connectivity index (χ1n) is 8.07. The summed E-state index contributed by atoms with van der Waals surface area (Å²) in [6.07, 6.45) is 4.61. The summed E-state index contributed by atoms with van der Waals surface area (Å²) in [5.41, 5.74) is 1.31. The number of nitrogens with one attached hydrogen (secondary N) is 1. The Bertz CT molecular complexity index is 699. The molecule has 0 aromatic carbocycles. The molecule has 0 saturated carbocycles. The van der Waals surface area contributed by atoms with Crippen LogP contribution < -0.4 is 10.2 Å². The van der Waals surface area contributed by atoms with E-state index < -0.39 is 0 Å². The number of rotatable bonds is 4. The largest absolute Gasteiger partial charge is 0.354 e. The number of carbonyl (C=O) groups excluding carboxylic acids is 1. The van der Waals surface area contributed by atoms with Gasteiger partial charge in [0, 0.05) is 56.9 Å². The quantitative estimate of drug-likeness (QED) is 0.895. The molecule has 3 rings (SSSR count). The Balaban J connectivity index is 1.66. The molecule has 2 aromatic rings. The highest BCUT2D eigenvalue weighted by Crippen LogP contribution is 2.17. The van der Waals surface area contributed by atoms with E-state index in [0.29, 0.717) is 24.7 Å². The number of nitrogens with zero attached hydrogens (tertiary/aromatic N) is 6. The van der Waals surface area contributed by atoms with Crippen LogP contribution in [0.15, 0.2) is 24.7 Å². The molecule has 1 saturated heterocycles. The fourth-order valence-corrected chi connectivity index (χ4v) is 2.66. The highest BCUT2D eigenvalue weighted by molar-refractivity contribution is 5.92. The molecule has 0 atom stereocenters. The smallest absolute Gasteiger partial charge is 0.274 e. The second-order valence-electron chi connectivity index (χ2n) is 5.59. The maximum atomic E-state index is 12.4. The molecule has 126 valence electrons. The summed E-state index contributed by atoms with van der Waals surface area (Å²) in [5, 5.41) is 3.15. The SMILES string of the molecule is CCNc1nc(C)cc(N2CCN(C(=O)c3cnccn3)CC2)n1. The minimum Gasteiger partial charge on any atom is -0.354 e. The Kier molecular flexibility index (Phi) is 4.83. The fraction of sp³-hybridized carbons (Fsp3) is 0.438. The molecule has 0 bridgehead atoms. The maximum absolute atomic E-state index is 12.4. The highest BCUT2D eigenvalue weighted by Gasteiger charge is 2.24. The molecule has 0 aliphatic carbocycles. The van der Waals surface area contributed by atoms with Crippen LogP contribution in [0.3, 0.4) is 0 Å². The first-order chi connectivity index (χ1) is 11.7. The molecule has 24 heavy (non-hydrogen) atoms. The van der Waals surface area contributed by atoms with Crippen LogP contribution in [0, 0.1) is 6.92 Å². The van der Waals surface area contributed by atoms with Crippen LogP contribution in [-0.4, -0.2) is 63.5 Å². The number of hydrogen-bond acceptors (Lipinski definition) is 7. The minimum absolute atomic E-state index is 0.0741. The number of amides is 1. The minimum atomic E-state index is -0.0741. The van der Waals surface area contributed by atoms with E-state index in [1.165, 1.54) is 12.4 Å². The van der Waals surface area contributed by atoms with E-state index >= 15 is 0 Å². The van der Waals surface area contributed by atoms with Gasteiger partial charge in [-0.05, 0) is 13.8 Å². The van der Waals surface area contributed by atoms with E-state index in [2.05, 4.69) is 30.2 Å². The van der Waals surface area contributed by atoms with Crippen molar-refractivity contribution in [1.82, 2.24) is 24.8 Å². The van der Waals surface area contributed by atoms with Crippen LogP contribution in [0.5, 0.6) is 0 Å². The molecule has 1 N–H and O–H groups in total. The number of piperazine rings is 1. The van der Waals surface area contributed by atoms with E-state index in [-0.39, 0.29) is 5.91 Å². The van der Waals surface area contributed by atoms with Gasteiger partial charge in [0.1, 0.15) is 11.5 Å². The molecular formula is C16H21N7O. The lowest BCUT2D eigenvalue weighted by atomic mass is 10.2. The predicted molar refractivity (Wildman–Crippen MR) is 91.1 cm³/mol. The van der Waals surface area contributed by atoms with Gasteiger partial charge in [-0.3, -0.25) is 9.78 Å². The first-order valence-corrected chi connectivity index (χ1v) is 8.07. The summed E-state index contributed by atoms with van der Waals surface area (Å²) >= 11 is 0. The summed E-state index contributed by atoms with van der Waals surface area (Å²) in [6, 6.07) is 1.97. The van der Waals surface area contributed by atoms with Crippen molar-refractivity contribution in [3.8, 4) is 0 Å². The highest BCUT2D eigenvalue weighted by atomic mass is 16.2. The fourth-order valence-electron chi connectivity index (χ4n) is 2.66. The van der Waals surface area contributed by atoms with Crippen molar-refractivity contribution in [2.45, 2.75) is 13.8 Å². The monoisotopic (exact) mass is 327 g/mol. The molecule has 3 heterocycles. The molecule has 1 aliphatic heterocycles. The Labute approximate surface area is 141 Å². The van der Waals surface area contributed by atoms with E-state index in [0.717, 1.165) is 31.1 Å². The second-order valence-corrected chi connectivity index (χ2v) is 5.59. The molecule has 0 radical (unpaired) electrons. The standard InChI is InChI=1S/C16H21N7O/c1-3-18-16-20-12(2)10-14(21-16)22-6-8-23(9-7-22)15(24)13-11-17-4-5-19-13/h4-5,10-11H,3,6-9H2,1-2H3,(H,18,20,21). The van der Waals surface area contributed by atoms with Gasteiger partial charge in [-0.25, -0.2) is 9.97 Å². The molecule has 1 fully saturated rings. The number of carbonyl (C=O) groups is 1. The molecular weight excluding hydrogens is 306 g/mol. The lowest BCUT2D eigenvalue weighted by Gasteiger charge is -2.35. The van der Waals surface area contributed by atoms with Crippen LogP contribution >= 0.6 is 0 Å². The number of hydrogen-bond donors (Lipinski definition) is 1. The number of anilines is 2. The van der Waals surface area contributed by atoms with Gasteiger partial charge in [-0.2, -0.15) is 4.98 Å². The van der Waals surface area contributed by atoms with E-state index in [1.54, 1.807) is 11.1 Å². The second kappa shape index (κ2) is 7.20. The van der Waals surface area contributed by atoms with Gasteiger partial charge in [0.25, 0.3) is 5.91 Å². The van der Waals surface area contributed by atoms with Gasteiger partial charge < -0.3 is 15.1 Å². The molecule has 8 heteroatoms. The van der Waals surface area contributed by atoms with Crippen molar-refractivity contribution in [3.05, 3.63) is 36.0 Å². The topological polar surface area (TPSA) is 87.1 Å². The van der Waals surface area contributed by atoms with Gasteiger partial charge in [0.2, 0.25) is 5.95 Å². The normalized spacial score (nSPS) is 14.6. The van der Waals surface area contributed by atoms with Crippen LogP contribution in [0.2, 0.25) is 0 Å². The van der Waals surface area contributed by atoms with Crippen molar-refractivity contribution in [2.75, 3.05) is 42.9 Å². The lowest BCUT2D eigenvalue weighted by molar-refractivity contribution is 0.0740. The van der Waals surface area contributed by atoms with Crippen LogP contribution in [0.25, 0.3) is 0 Å². The van der Waals surface area contributed by atoms with Gasteiger partial charge in [-0.1, -0.05) is 0 Å². The molecule has 1 amide bonds. The Morgan fingerprint density at radius 2 is 2.00 bits per heavy atom. The van der Waals surface area contributed by atoms with E-state index in [9.17, 15) is 4.79 Å². The summed E-state index contributed by atoms with van der Waals surface area (Å²) in [5.74, 6) is 1.46. The van der Waals surface area contributed by atoms with Crippen molar-refractivity contribution < 1.29 is 4.79 Å². The third-order valence-corrected chi connectivity index (χ3v) is 3.85. The van der Waals surface area contributed by atoms with Crippen molar-refractivity contribution in [2.24, 2.45) is 0 Å². The van der Waals surface area contributed by atoms with Gasteiger partial charge in [0.15, 0.2) is 0 Å².